The molecule has 0 bridgehead atoms. The number of carboxylic acids is 1. The molecule has 0 aromatic heterocycles. The molecule has 1 saturated heterocycles. The third-order valence-electron chi connectivity index (χ3n) is 2.25. The van der Waals surface area contributed by atoms with Gasteiger partial charge in [-0.3, -0.25) is 4.79 Å². The smallest absolute Gasteiger partial charge is 0.304 e. The van der Waals surface area contributed by atoms with Crippen molar-refractivity contribution in [1.29, 1.82) is 0 Å². The Balaban J connectivity index is 2.40. The third-order valence-corrected chi connectivity index (χ3v) is 4.20. The maximum atomic E-state index is 11.6. The Morgan fingerprint density at radius 2 is 2.00 bits per heavy atom. The van der Waals surface area contributed by atoms with Crippen LogP contribution < -0.4 is 4.72 Å². The highest BCUT2D eigenvalue weighted by Crippen LogP contribution is 2.14. The molecular formula is C8H15NO5S. The summed E-state index contributed by atoms with van der Waals surface area (Å²) in [5.41, 5.74) is 0. The third kappa shape index (κ3) is 4.15. The molecule has 0 atom stereocenters. The zero-order valence-corrected chi connectivity index (χ0v) is 9.12. The van der Waals surface area contributed by atoms with Gasteiger partial charge in [-0.05, 0) is 12.8 Å². The Hall–Kier alpha value is -0.660. The van der Waals surface area contributed by atoms with Gasteiger partial charge in [0, 0.05) is 19.8 Å². The first-order valence-corrected chi connectivity index (χ1v) is 6.35. The van der Waals surface area contributed by atoms with Gasteiger partial charge in [0.25, 0.3) is 0 Å². The van der Waals surface area contributed by atoms with Crippen molar-refractivity contribution >= 4 is 16.0 Å². The minimum atomic E-state index is -3.37. The van der Waals surface area contributed by atoms with Gasteiger partial charge in [0.2, 0.25) is 10.0 Å². The van der Waals surface area contributed by atoms with Crippen molar-refractivity contribution < 1.29 is 23.1 Å². The molecule has 0 saturated carbocycles. The second-order valence-corrected chi connectivity index (χ2v) is 5.44. The lowest BCUT2D eigenvalue weighted by atomic mass is 10.2. The van der Waals surface area contributed by atoms with Crippen LogP contribution in [0.2, 0.25) is 0 Å². The topological polar surface area (TPSA) is 92.7 Å². The van der Waals surface area contributed by atoms with Crippen LogP contribution in [0.5, 0.6) is 0 Å². The largest absolute Gasteiger partial charge is 0.481 e. The van der Waals surface area contributed by atoms with Crippen LogP contribution in [0.1, 0.15) is 19.3 Å². The molecule has 0 spiro atoms. The molecule has 0 aromatic rings. The molecule has 1 aliphatic heterocycles. The maximum Gasteiger partial charge on any atom is 0.304 e. The monoisotopic (exact) mass is 237 g/mol. The van der Waals surface area contributed by atoms with E-state index in [0.717, 1.165) is 0 Å². The Bertz CT molecular complexity index is 307. The van der Waals surface area contributed by atoms with Gasteiger partial charge in [-0.2, -0.15) is 0 Å². The molecule has 0 unspecified atom stereocenters. The first-order valence-electron chi connectivity index (χ1n) is 4.80. The van der Waals surface area contributed by atoms with Crippen molar-refractivity contribution in [2.75, 3.05) is 19.8 Å². The summed E-state index contributed by atoms with van der Waals surface area (Å²) in [7, 11) is -3.37. The highest BCUT2D eigenvalue weighted by Gasteiger charge is 2.27. The van der Waals surface area contributed by atoms with Crippen molar-refractivity contribution in [3.8, 4) is 0 Å². The number of hydrogen-bond acceptors (Lipinski definition) is 4. The van der Waals surface area contributed by atoms with Gasteiger partial charge in [-0.25, -0.2) is 13.1 Å². The number of hydrogen-bond donors (Lipinski definition) is 2. The number of aliphatic carboxylic acids is 1. The fourth-order valence-electron chi connectivity index (χ4n) is 1.40. The van der Waals surface area contributed by atoms with E-state index in [9.17, 15) is 13.2 Å². The molecule has 1 aliphatic rings. The molecule has 1 rings (SSSR count). The van der Waals surface area contributed by atoms with E-state index in [-0.39, 0.29) is 13.0 Å². The Morgan fingerprint density at radius 1 is 1.40 bits per heavy atom. The summed E-state index contributed by atoms with van der Waals surface area (Å²) in [6, 6.07) is 0. The van der Waals surface area contributed by atoms with Crippen molar-refractivity contribution in [1.82, 2.24) is 4.72 Å². The van der Waals surface area contributed by atoms with E-state index < -0.39 is 21.2 Å². The lowest BCUT2D eigenvalue weighted by molar-refractivity contribution is -0.136. The number of carboxylic acid groups (broad SMARTS) is 1. The van der Waals surface area contributed by atoms with E-state index in [1.54, 1.807) is 0 Å². The number of rotatable bonds is 5. The summed E-state index contributed by atoms with van der Waals surface area (Å²) in [6.07, 6.45) is 0.757. The zero-order valence-electron chi connectivity index (χ0n) is 8.31. The summed E-state index contributed by atoms with van der Waals surface area (Å²) >= 11 is 0. The molecule has 0 amide bonds. The van der Waals surface area contributed by atoms with Gasteiger partial charge < -0.3 is 9.84 Å². The SMILES string of the molecule is O=C(O)CCNS(=O)(=O)C1CCOCC1. The summed E-state index contributed by atoms with van der Waals surface area (Å²) in [6.45, 7) is 0.851. The Morgan fingerprint density at radius 3 is 2.53 bits per heavy atom. The van der Waals surface area contributed by atoms with Gasteiger partial charge in [0.1, 0.15) is 0 Å². The van der Waals surface area contributed by atoms with E-state index >= 15 is 0 Å². The van der Waals surface area contributed by atoms with E-state index in [0.29, 0.717) is 26.1 Å². The summed E-state index contributed by atoms with van der Waals surface area (Å²) in [5.74, 6) is -1.01. The first kappa shape index (κ1) is 12.4. The van der Waals surface area contributed by atoms with Crippen LogP contribution in [0.3, 0.4) is 0 Å². The molecule has 1 fully saturated rings. The van der Waals surface area contributed by atoms with Crippen LogP contribution in [-0.4, -0.2) is 44.5 Å². The molecule has 7 heteroatoms. The van der Waals surface area contributed by atoms with Gasteiger partial charge in [0.15, 0.2) is 0 Å². The predicted octanol–water partition coefficient (Wildman–Crippen LogP) is -0.440. The Labute approximate surface area is 88.7 Å². The number of sulfonamides is 1. The van der Waals surface area contributed by atoms with Crippen molar-refractivity contribution in [3.05, 3.63) is 0 Å². The zero-order chi connectivity index (χ0) is 11.3. The maximum absolute atomic E-state index is 11.6. The molecule has 88 valence electrons. The van der Waals surface area contributed by atoms with Gasteiger partial charge in [-0.15, -0.1) is 0 Å². The molecule has 1 heterocycles. The molecule has 0 aliphatic carbocycles. The van der Waals surface area contributed by atoms with Gasteiger partial charge in [-0.1, -0.05) is 0 Å². The minimum absolute atomic E-state index is 0.0466. The van der Waals surface area contributed by atoms with Gasteiger partial charge in [0.05, 0.1) is 11.7 Å². The van der Waals surface area contributed by atoms with Crippen LogP contribution in [0.4, 0.5) is 0 Å². The van der Waals surface area contributed by atoms with E-state index in [4.69, 9.17) is 9.84 Å². The van der Waals surface area contributed by atoms with Crippen LogP contribution >= 0.6 is 0 Å². The fraction of sp³-hybridized carbons (Fsp3) is 0.875. The lowest BCUT2D eigenvalue weighted by Gasteiger charge is -2.22. The predicted molar refractivity (Wildman–Crippen MR) is 53.0 cm³/mol. The van der Waals surface area contributed by atoms with Crippen LogP contribution in [-0.2, 0) is 19.6 Å². The fourth-order valence-corrected chi connectivity index (χ4v) is 2.84. The second kappa shape index (κ2) is 5.43. The summed E-state index contributed by atoms with van der Waals surface area (Å²) in [4.78, 5) is 10.2. The van der Waals surface area contributed by atoms with Crippen LogP contribution in [0.15, 0.2) is 0 Å². The normalized spacial score (nSPS) is 18.9. The van der Waals surface area contributed by atoms with Gasteiger partial charge >= 0.3 is 5.97 Å². The summed E-state index contributed by atoms with van der Waals surface area (Å²) in [5, 5.41) is 7.92. The highest BCUT2D eigenvalue weighted by atomic mass is 32.2. The Kier molecular flexibility index (Phi) is 4.49. The average Bonchev–Trinajstić information content (AvgIpc) is 2.18. The van der Waals surface area contributed by atoms with Crippen LogP contribution in [0, 0.1) is 0 Å². The second-order valence-electron chi connectivity index (χ2n) is 3.39. The lowest BCUT2D eigenvalue weighted by Crippen LogP contribution is -2.38. The number of carbonyl (C=O) groups is 1. The van der Waals surface area contributed by atoms with Crippen molar-refractivity contribution in [3.63, 3.8) is 0 Å². The van der Waals surface area contributed by atoms with Crippen molar-refractivity contribution in [2.45, 2.75) is 24.5 Å². The van der Waals surface area contributed by atoms with E-state index in [2.05, 4.69) is 4.72 Å². The number of ether oxygens (including phenoxy) is 1. The molecule has 6 nitrogen and oxygen atoms in total. The average molecular weight is 237 g/mol. The quantitative estimate of drug-likeness (QED) is 0.676. The molecular weight excluding hydrogens is 222 g/mol. The minimum Gasteiger partial charge on any atom is -0.481 e. The molecule has 15 heavy (non-hydrogen) atoms. The molecule has 0 aromatic carbocycles. The van der Waals surface area contributed by atoms with E-state index in [1.807, 2.05) is 0 Å². The summed E-state index contributed by atoms with van der Waals surface area (Å²) < 4.78 is 30.6. The molecule has 0 radical (unpaired) electrons. The van der Waals surface area contributed by atoms with Crippen LogP contribution in [0.25, 0.3) is 0 Å². The first-order chi connectivity index (χ1) is 7.02. The standard InChI is InChI=1S/C8H15NO5S/c10-8(11)1-4-9-15(12,13)7-2-5-14-6-3-7/h7,9H,1-6H2,(H,10,11). The molecule has 2 N–H and O–H groups in total. The number of nitrogens with one attached hydrogen (secondary N) is 1. The van der Waals surface area contributed by atoms with E-state index in [1.165, 1.54) is 0 Å². The van der Waals surface area contributed by atoms with Crippen molar-refractivity contribution in [2.24, 2.45) is 0 Å². The highest BCUT2D eigenvalue weighted by molar-refractivity contribution is 7.90.